The number of hydrogen-bond acceptors (Lipinski definition) is 3. The van der Waals surface area contributed by atoms with Crippen molar-refractivity contribution >= 4 is 17.8 Å². The second-order valence-corrected chi connectivity index (χ2v) is 6.25. The molecule has 0 saturated carbocycles. The molecule has 0 unspecified atom stereocenters. The number of carbonyl (C=O) groups excluding carboxylic acids is 1. The van der Waals surface area contributed by atoms with Crippen LogP contribution in [0, 0.1) is 0 Å². The Morgan fingerprint density at radius 1 is 1.48 bits per heavy atom. The highest BCUT2D eigenvalue weighted by Gasteiger charge is 2.24. The number of rotatable bonds is 3. The predicted molar refractivity (Wildman–Crippen MR) is 83.2 cm³/mol. The zero-order chi connectivity index (χ0) is 14.8. The third-order valence-corrected chi connectivity index (χ3v) is 4.76. The summed E-state index contributed by atoms with van der Waals surface area (Å²) in [6, 6.07) is 8.07. The van der Waals surface area contributed by atoms with Crippen LogP contribution in [0.5, 0.6) is 0 Å². The quantitative estimate of drug-likeness (QED) is 0.916. The van der Waals surface area contributed by atoms with Crippen LogP contribution < -0.4 is 10.6 Å². The first kappa shape index (κ1) is 14.0. The summed E-state index contributed by atoms with van der Waals surface area (Å²) in [5.41, 5.74) is 2.19. The maximum absolute atomic E-state index is 12.1. The maximum Gasteiger partial charge on any atom is 0.315 e. The molecule has 21 heavy (non-hydrogen) atoms. The summed E-state index contributed by atoms with van der Waals surface area (Å²) in [6.45, 7) is 1.95. The molecule has 0 aliphatic carbocycles. The van der Waals surface area contributed by atoms with Gasteiger partial charge in [0.05, 0.1) is 18.3 Å². The van der Waals surface area contributed by atoms with Crippen molar-refractivity contribution in [2.45, 2.75) is 23.9 Å². The highest BCUT2D eigenvalue weighted by atomic mass is 32.2. The maximum atomic E-state index is 12.1. The van der Waals surface area contributed by atoms with Crippen LogP contribution in [0.1, 0.15) is 30.1 Å². The van der Waals surface area contributed by atoms with Crippen molar-refractivity contribution in [2.24, 2.45) is 7.05 Å². The lowest BCUT2D eigenvalue weighted by molar-refractivity contribution is 0.235. The van der Waals surface area contributed by atoms with E-state index in [2.05, 4.69) is 27.9 Å². The molecule has 0 bridgehead atoms. The van der Waals surface area contributed by atoms with Gasteiger partial charge in [-0.15, -0.1) is 11.8 Å². The van der Waals surface area contributed by atoms with Gasteiger partial charge in [-0.2, -0.15) is 5.10 Å². The van der Waals surface area contributed by atoms with E-state index in [1.54, 1.807) is 22.6 Å². The van der Waals surface area contributed by atoms with Crippen molar-refractivity contribution in [2.75, 3.05) is 5.75 Å². The number of nitrogens with zero attached hydrogens (tertiary/aromatic N) is 2. The Kier molecular flexibility index (Phi) is 3.88. The number of aromatic nitrogens is 2. The second-order valence-electron chi connectivity index (χ2n) is 5.19. The van der Waals surface area contributed by atoms with Gasteiger partial charge in [-0.3, -0.25) is 4.68 Å². The number of aryl methyl sites for hydroxylation is 1. The molecule has 2 heterocycles. The van der Waals surface area contributed by atoms with E-state index in [4.69, 9.17) is 0 Å². The minimum absolute atomic E-state index is 0.0667. The van der Waals surface area contributed by atoms with E-state index in [1.165, 1.54) is 10.5 Å². The fourth-order valence-electron chi connectivity index (χ4n) is 2.43. The number of fused-ring (bicyclic) bond motifs is 1. The fraction of sp³-hybridized carbons (Fsp3) is 0.333. The first-order valence-electron chi connectivity index (χ1n) is 6.91. The van der Waals surface area contributed by atoms with Crippen LogP contribution in [-0.2, 0) is 7.05 Å². The lowest BCUT2D eigenvalue weighted by Gasteiger charge is -2.17. The normalized spacial score (nSPS) is 18.1. The summed E-state index contributed by atoms with van der Waals surface area (Å²) in [5.74, 6) is 0.883. The standard InChI is InChI=1S/C15H18N4OS/c1-10(11-7-16-19(2)8-11)17-15(20)18-13-9-21-14-6-4-3-5-12(13)14/h3-8,10,13H,9H2,1-2H3,(H2,17,18,20)/t10-,13+/m1/s1. The van der Waals surface area contributed by atoms with Gasteiger partial charge in [0.15, 0.2) is 0 Å². The Bertz CT molecular complexity index is 655. The third-order valence-electron chi connectivity index (χ3n) is 3.58. The zero-order valence-electron chi connectivity index (χ0n) is 12.0. The summed E-state index contributed by atoms with van der Waals surface area (Å²) in [6.07, 6.45) is 3.68. The number of thioether (sulfide) groups is 1. The SMILES string of the molecule is C[C@@H](NC(=O)N[C@H]1CSc2ccccc21)c1cnn(C)c1. The van der Waals surface area contributed by atoms with Crippen LogP contribution in [0.4, 0.5) is 4.79 Å². The van der Waals surface area contributed by atoms with E-state index in [-0.39, 0.29) is 18.1 Å². The largest absolute Gasteiger partial charge is 0.332 e. The number of urea groups is 1. The zero-order valence-corrected chi connectivity index (χ0v) is 12.9. The molecule has 6 heteroatoms. The van der Waals surface area contributed by atoms with Crippen molar-refractivity contribution < 1.29 is 4.79 Å². The summed E-state index contributed by atoms with van der Waals surface area (Å²) >= 11 is 1.78. The molecule has 2 N–H and O–H groups in total. The molecule has 2 atom stereocenters. The molecule has 1 aliphatic heterocycles. The smallest absolute Gasteiger partial charge is 0.315 e. The topological polar surface area (TPSA) is 59.0 Å². The van der Waals surface area contributed by atoms with Crippen molar-refractivity contribution in [3.8, 4) is 0 Å². The van der Waals surface area contributed by atoms with Gasteiger partial charge in [-0.25, -0.2) is 4.79 Å². The van der Waals surface area contributed by atoms with Crippen LogP contribution in [0.2, 0.25) is 0 Å². The van der Waals surface area contributed by atoms with Gasteiger partial charge >= 0.3 is 6.03 Å². The molecule has 0 radical (unpaired) electrons. The number of nitrogens with one attached hydrogen (secondary N) is 2. The first-order valence-corrected chi connectivity index (χ1v) is 7.89. The number of amides is 2. The highest BCUT2D eigenvalue weighted by molar-refractivity contribution is 7.99. The number of carbonyl (C=O) groups is 1. The van der Waals surface area contributed by atoms with E-state index in [1.807, 2.05) is 32.3 Å². The molecular formula is C15H18N4OS. The van der Waals surface area contributed by atoms with E-state index >= 15 is 0 Å². The van der Waals surface area contributed by atoms with Crippen molar-refractivity contribution in [3.05, 3.63) is 47.8 Å². The average Bonchev–Trinajstić information content (AvgIpc) is 3.06. The Balaban J connectivity index is 1.60. The molecule has 2 aromatic rings. The van der Waals surface area contributed by atoms with Crippen LogP contribution in [0.3, 0.4) is 0 Å². The van der Waals surface area contributed by atoms with E-state index in [0.717, 1.165) is 11.3 Å². The van der Waals surface area contributed by atoms with Gasteiger partial charge in [-0.05, 0) is 18.6 Å². The lowest BCUT2D eigenvalue weighted by Crippen LogP contribution is -2.39. The van der Waals surface area contributed by atoms with Gasteiger partial charge in [0.1, 0.15) is 0 Å². The molecule has 5 nitrogen and oxygen atoms in total. The molecule has 0 spiro atoms. The fourth-order valence-corrected chi connectivity index (χ4v) is 3.59. The molecule has 1 aromatic heterocycles. The lowest BCUT2D eigenvalue weighted by atomic mass is 10.1. The third kappa shape index (κ3) is 3.05. The molecule has 3 rings (SSSR count). The van der Waals surface area contributed by atoms with E-state index in [0.29, 0.717) is 0 Å². The summed E-state index contributed by atoms with van der Waals surface area (Å²) in [7, 11) is 1.86. The Hall–Kier alpha value is -1.95. The molecule has 2 amide bonds. The van der Waals surface area contributed by atoms with Crippen LogP contribution in [-0.4, -0.2) is 21.6 Å². The molecule has 1 aromatic carbocycles. The first-order chi connectivity index (χ1) is 10.1. The van der Waals surface area contributed by atoms with Crippen molar-refractivity contribution in [1.29, 1.82) is 0 Å². The highest BCUT2D eigenvalue weighted by Crippen LogP contribution is 2.37. The Morgan fingerprint density at radius 3 is 3.05 bits per heavy atom. The summed E-state index contributed by atoms with van der Waals surface area (Å²) in [4.78, 5) is 13.4. The molecule has 0 fully saturated rings. The average molecular weight is 302 g/mol. The molecular weight excluding hydrogens is 284 g/mol. The number of hydrogen-bond donors (Lipinski definition) is 2. The van der Waals surface area contributed by atoms with Crippen LogP contribution in [0.15, 0.2) is 41.6 Å². The van der Waals surface area contributed by atoms with Crippen molar-refractivity contribution in [3.63, 3.8) is 0 Å². The number of benzene rings is 1. The summed E-state index contributed by atoms with van der Waals surface area (Å²) in [5, 5.41) is 10.1. The van der Waals surface area contributed by atoms with E-state index < -0.39 is 0 Å². The van der Waals surface area contributed by atoms with E-state index in [9.17, 15) is 4.79 Å². The van der Waals surface area contributed by atoms with Gasteiger partial charge < -0.3 is 10.6 Å². The summed E-state index contributed by atoms with van der Waals surface area (Å²) < 4.78 is 1.73. The van der Waals surface area contributed by atoms with Crippen molar-refractivity contribution in [1.82, 2.24) is 20.4 Å². The minimum Gasteiger partial charge on any atom is -0.332 e. The van der Waals surface area contributed by atoms with Crippen LogP contribution >= 0.6 is 11.8 Å². The minimum atomic E-state index is -0.145. The second kappa shape index (κ2) is 5.81. The van der Waals surface area contributed by atoms with Gasteiger partial charge in [-0.1, -0.05) is 18.2 Å². The van der Waals surface area contributed by atoms with Gasteiger partial charge in [0, 0.05) is 29.5 Å². The van der Waals surface area contributed by atoms with Crippen LogP contribution in [0.25, 0.3) is 0 Å². The molecule has 110 valence electrons. The Labute approximate surface area is 128 Å². The molecule has 0 saturated heterocycles. The monoisotopic (exact) mass is 302 g/mol. The Morgan fingerprint density at radius 2 is 2.29 bits per heavy atom. The predicted octanol–water partition coefficient (Wildman–Crippen LogP) is 2.63. The van der Waals surface area contributed by atoms with Gasteiger partial charge in [0.25, 0.3) is 0 Å². The van der Waals surface area contributed by atoms with Gasteiger partial charge in [0.2, 0.25) is 0 Å². The molecule has 1 aliphatic rings.